The highest BCUT2D eigenvalue weighted by Crippen LogP contribution is 2.18. The highest BCUT2D eigenvalue weighted by molar-refractivity contribution is 7.91. The minimum absolute atomic E-state index is 0.0523. The van der Waals surface area contributed by atoms with Gasteiger partial charge in [0.15, 0.2) is 16.4 Å². The van der Waals surface area contributed by atoms with E-state index in [2.05, 4.69) is 25.3 Å². The molecule has 0 amide bonds. The number of halogens is 1. The molecule has 1 N–H and O–H groups in total. The van der Waals surface area contributed by atoms with E-state index in [0.717, 1.165) is 12.8 Å². The molecular weight excluding hydrogens is 428 g/mol. The second-order valence-electron chi connectivity index (χ2n) is 6.83. The monoisotopic (exact) mass is 448 g/mol. The molecule has 1 aliphatic heterocycles. The summed E-state index contributed by atoms with van der Waals surface area (Å²) in [6.07, 6.45) is 4.88. The molecule has 1 saturated heterocycles. The van der Waals surface area contributed by atoms with Gasteiger partial charge in [-0.3, -0.25) is 14.3 Å². The van der Waals surface area contributed by atoms with Crippen LogP contribution in [0.1, 0.15) is 25.5 Å². The molecule has 11 heteroatoms. The van der Waals surface area contributed by atoms with E-state index in [0.29, 0.717) is 47.2 Å². The summed E-state index contributed by atoms with van der Waals surface area (Å²) in [5, 5.41) is 3.11. The molecule has 4 heterocycles. The first kappa shape index (κ1) is 21.0. The van der Waals surface area contributed by atoms with Crippen LogP contribution < -0.4 is 10.9 Å². The molecule has 1 fully saturated rings. The number of ether oxygens (including phenoxy) is 1. The van der Waals surface area contributed by atoms with Gasteiger partial charge in [0.25, 0.3) is 5.56 Å². The van der Waals surface area contributed by atoms with E-state index < -0.39 is 11.2 Å². The van der Waals surface area contributed by atoms with Crippen molar-refractivity contribution in [2.75, 3.05) is 17.7 Å². The highest BCUT2D eigenvalue weighted by Gasteiger charge is 2.21. The Morgan fingerprint density at radius 2 is 2.20 bits per heavy atom. The van der Waals surface area contributed by atoms with E-state index >= 15 is 0 Å². The summed E-state index contributed by atoms with van der Waals surface area (Å²) in [4.78, 5) is 30.7. The highest BCUT2D eigenvalue weighted by atomic mass is 35.5. The molecule has 0 saturated carbocycles. The first-order valence-electron chi connectivity index (χ1n) is 9.67. The normalized spacial score (nSPS) is 17.4. The van der Waals surface area contributed by atoms with E-state index in [1.54, 1.807) is 18.3 Å². The van der Waals surface area contributed by atoms with Gasteiger partial charge in [0.1, 0.15) is 11.3 Å². The fraction of sp³-hybridized carbons (Fsp3) is 0.421. The third-order valence-electron chi connectivity index (χ3n) is 4.83. The summed E-state index contributed by atoms with van der Waals surface area (Å²) in [7, 11) is 0. The average molecular weight is 449 g/mol. The fourth-order valence-corrected chi connectivity index (χ4v) is 4.14. The standard InChI is InChI=1S/C19H21ClN6O3S/c1-2-30(28)14-6-5-12(21-9-14)8-22-16-18(27)26(11-13-4-3-7-29-13)17-15(24-16)10-23-19(20)25-17/h5-6,9-10,13H,2-4,7-8,11H2,1H3,(H,22,24). The first-order chi connectivity index (χ1) is 14.5. The van der Waals surface area contributed by atoms with Gasteiger partial charge in [0, 0.05) is 6.61 Å². The van der Waals surface area contributed by atoms with Crippen molar-refractivity contribution in [2.45, 2.75) is 43.9 Å². The topological polar surface area (TPSA) is 118 Å². The fourth-order valence-electron chi connectivity index (χ4n) is 3.28. The number of anilines is 1. The van der Waals surface area contributed by atoms with Crippen molar-refractivity contribution in [2.24, 2.45) is 0 Å². The summed E-state index contributed by atoms with van der Waals surface area (Å²) >= 11 is 4.89. The molecule has 30 heavy (non-hydrogen) atoms. The lowest BCUT2D eigenvalue weighted by Gasteiger charge is -2.15. The molecule has 0 bridgehead atoms. The van der Waals surface area contributed by atoms with Crippen LogP contribution in [-0.2, 0) is 29.0 Å². The Balaban J connectivity index is 1.61. The number of fused-ring (bicyclic) bond motifs is 1. The Kier molecular flexibility index (Phi) is 6.47. The quantitative estimate of drug-likeness (QED) is 0.431. The van der Waals surface area contributed by atoms with Crippen LogP contribution >= 0.6 is 11.6 Å². The van der Waals surface area contributed by atoms with Gasteiger partial charge in [-0.15, -0.1) is 0 Å². The Morgan fingerprint density at radius 3 is 2.90 bits per heavy atom. The van der Waals surface area contributed by atoms with Crippen LogP contribution in [0.15, 0.2) is 34.2 Å². The lowest BCUT2D eigenvalue weighted by Crippen LogP contribution is -2.30. The van der Waals surface area contributed by atoms with Gasteiger partial charge in [-0.1, -0.05) is 0 Å². The summed E-state index contributed by atoms with van der Waals surface area (Å²) in [5.41, 5.74) is 1.23. The average Bonchev–Trinajstić information content (AvgIpc) is 3.28. The molecular formula is C19H21ClN6O3S. The van der Waals surface area contributed by atoms with Crippen LogP contribution in [0.2, 0.25) is 5.28 Å². The maximum Gasteiger partial charge on any atom is 0.295 e. The SMILES string of the molecule is CC[S+]([O-])c1ccc(CNc2nc3cnc(Cl)nc3n(CC3CCCO3)c2=O)nc1. The summed E-state index contributed by atoms with van der Waals surface area (Å²) < 4.78 is 19.1. The number of rotatable bonds is 7. The van der Waals surface area contributed by atoms with Crippen molar-refractivity contribution in [1.29, 1.82) is 0 Å². The molecule has 4 rings (SSSR count). The third-order valence-corrected chi connectivity index (χ3v) is 6.30. The zero-order chi connectivity index (χ0) is 21.1. The number of pyridine rings is 1. The van der Waals surface area contributed by atoms with Crippen molar-refractivity contribution in [3.8, 4) is 0 Å². The summed E-state index contributed by atoms with van der Waals surface area (Å²) in [5.74, 6) is 0.714. The molecule has 0 aliphatic carbocycles. The van der Waals surface area contributed by atoms with Crippen molar-refractivity contribution < 1.29 is 9.29 Å². The zero-order valence-electron chi connectivity index (χ0n) is 16.4. The number of hydrogen-bond donors (Lipinski definition) is 1. The molecule has 0 spiro atoms. The molecule has 0 radical (unpaired) electrons. The van der Waals surface area contributed by atoms with Gasteiger partial charge in [-0.2, -0.15) is 4.98 Å². The molecule has 1 aliphatic rings. The van der Waals surface area contributed by atoms with E-state index in [1.165, 1.54) is 10.8 Å². The maximum atomic E-state index is 13.1. The van der Waals surface area contributed by atoms with Gasteiger partial charge < -0.3 is 14.6 Å². The minimum Gasteiger partial charge on any atom is -0.611 e. The van der Waals surface area contributed by atoms with E-state index in [9.17, 15) is 9.35 Å². The maximum absolute atomic E-state index is 13.1. The number of aromatic nitrogens is 5. The summed E-state index contributed by atoms with van der Waals surface area (Å²) in [6, 6.07) is 3.56. The second-order valence-corrected chi connectivity index (χ2v) is 8.91. The predicted octanol–water partition coefficient (Wildman–Crippen LogP) is 2.15. The minimum atomic E-state index is -1.05. The van der Waals surface area contributed by atoms with E-state index in [4.69, 9.17) is 16.3 Å². The smallest absolute Gasteiger partial charge is 0.295 e. The predicted molar refractivity (Wildman–Crippen MR) is 114 cm³/mol. The third kappa shape index (κ3) is 4.56. The van der Waals surface area contributed by atoms with Gasteiger partial charge in [0.05, 0.1) is 37.3 Å². The lowest BCUT2D eigenvalue weighted by atomic mass is 10.2. The zero-order valence-corrected chi connectivity index (χ0v) is 17.9. The van der Waals surface area contributed by atoms with Crippen molar-refractivity contribution >= 4 is 39.8 Å². The first-order valence-corrected chi connectivity index (χ1v) is 11.4. The molecule has 3 aromatic heterocycles. The van der Waals surface area contributed by atoms with Crippen LogP contribution in [0.5, 0.6) is 0 Å². The molecule has 9 nitrogen and oxygen atoms in total. The van der Waals surface area contributed by atoms with Gasteiger partial charge >= 0.3 is 0 Å². The largest absolute Gasteiger partial charge is 0.611 e. The number of nitrogens with zero attached hydrogens (tertiary/aromatic N) is 5. The molecule has 2 atom stereocenters. The van der Waals surface area contributed by atoms with Crippen LogP contribution in [-0.4, -0.2) is 47.5 Å². The van der Waals surface area contributed by atoms with Crippen LogP contribution in [0.25, 0.3) is 11.2 Å². The van der Waals surface area contributed by atoms with E-state index in [-0.39, 0.29) is 22.8 Å². The van der Waals surface area contributed by atoms with Crippen molar-refractivity contribution in [1.82, 2.24) is 24.5 Å². The molecule has 158 valence electrons. The Labute approximate surface area is 181 Å². The molecule has 2 unspecified atom stereocenters. The Bertz CT molecular complexity index is 1090. The van der Waals surface area contributed by atoms with Gasteiger partial charge in [-0.05, 0) is 54.7 Å². The Hall–Kier alpha value is -2.27. The Morgan fingerprint density at radius 1 is 1.33 bits per heavy atom. The molecule has 3 aromatic rings. The molecule has 0 aromatic carbocycles. The van der Waals surface area contributed by atoms with Gasteiger partial charge in [-0.25, -0.2) is 9.97 Å². The van der Waals surface area contributed by atoms with Crippen LogP contribution in [0.4, 0.5) is 5.82 Å². The van der Waals surface area contributed by atoms with Crippen LogP contribution in [0, 0.1) is 0 Å². The summed E-state index contributed by atoms with van der Waals surface area (Å²) in [6.45, 7) is 3.21. The number of nitrogens with one attached hydrogen (secondary N) is 1. The van der Waals surface area contributed by atoms with Gasteiger partial charge in [0.2, 0.25) is 5.28 Å². The number of hydrogen-bond acceptors (Lipinski definition) is 8. The van der Waals surface area contributed by atoms with Crippen LogP contribution in [0.3, 0.4) is 0 Å². The van der Waals surface area contributed by atoms with Crippen molar-refractivity contribution in [3.63, 3.8) is 0 Å². The van der Waals surface area contributed by atoms with E-state index in [1.807, 2.05) is 6.92 Å². The second kappa shape index (κ2) is 9.25. The lowest BCUT2D eigenvalue weighted by molar-refractivity contribution is 0.0971. The van der Waals surface area contributed by atoms with Crippen molar-refractivity contribution in [3.05, 3.63) is 45.9 Å².